The molecule has 14 rings (SSSR count). The Balaban J connectivity index is 0.957. The fourth-order valence-electron chi connectivity index (χ4n) is 10.9. The second kappa shape index (κ2) is 15.5. The number of aromatic nitrogens is 2. The molecule has 0 unspecified atom stereocenters. The zero-order valence-electron chi connectivity index (χ0n) is 38.0. The van der Waals surface area contributed by atoms with E-state index in [0.717, 1.165) is 39.2 Å². The Morgan fingerprint density at radius 3 is 1.52 bits per heavy atom. The van der Waals surface area contributed by atoms with Crippen LogP contribution in [0.15, 0.2) is 218 Å². The van der Waals surface area contributed by atoms with E-state index in [1.807, 2.05) is 22.7 Å². The molecule has 0 aliphatic heterocycles. The van der Waals surface area contributed by atoms with Crippen LogP contribution in [0, 0.1) is 0 Å². The van der Waals surface area contributed by atoms with Crippen molar-refractivity contribution in [1.82, 2.24) is 9.97 Å². The molecule has 0 N–H and O–H groups in total. The molecule has 324 valence electrons. The number of nitrogens with zero attached hydrogens (tertiary/aromatic N) is 2. The molecule has 2 nitrogen and oxygen atoms in total. The van der Waals surface area contributed by atoms with Gasteiger partial charge in [-0.15, -0.1) is 22.7 Å². The Hall–Kier alpha value is -8.02. The highest BCUT2D eigenvalue weighted by Gasteiger charge is 2.37. The smallest absolute Gasteiger partial charge is 0.160 e. The largest absolute Gasteiger partial charge is 0.228 e. The molecule has 0 spiro atoms. The first-order valence-electron chi connectivity index (χ1n) is 23.6. The molecule has 1 aliphatic carbocycles. The summed E-state index contributed by atoms with van der Waals surface area (Å²) in [5.74, 6) is 0.695. The molecule has 3 heterocycles. The maximum atomic E-state index is 5.42. The Kier molecular flexibility index (Phi) is 9.01. The lowest BCUT2D eigenvalue weighted by Crippen LogP contribution is -2.14. The van der Waals surface area contributed by atoms with Gasteiger partial charge in [-0.1, -0.05) is 153 Å². The quantitative estimate of drug-likeness (QED) is 0.166. The molecule has 13 aromatic rings. The van der Waals surface area contributed by atoms with Crippen LogP contribution < -0.4 is 0 Å². The first-order valence-corrected chi connectivity index (χ1v) is 25.2. The summed E-state index contributed by atoms with van der Waals surface area (Å²) in [6.07, 6.45) is 0. The van der Waals surface area contributed by atoms with E-state index in [-0.39, 0.29) is 5.41 Å². The number of thiophene rings is 2. The molecule has 69 heavy (non-hydrogen) atoms. The zero-order chi connectivity index (χ0) is 45.8. The van der Waals surface area contributed by atoms with E-state index in [1.54, 1.807) is 0 Å². The van der Waals surface area contributed by atoms with Crippen LogP contribution in [-0.2, 0) is 5.41 Å². The molecule has 0 bridgehead atoms. The van der Waals surface area contributed by atoms with E-state index in [4.69, 9.17) is 9.97 Å². The van der Waals surface area contributed by atoms with Gasteiger partial charge in [-0.3, -0.25) is 0 Å². The van der Waals surface area contributed by atoms with Crippen LogP contribution in [0.2, 0.25) is 0 Å². The normalized spacial score (nSPS) is 12.9. The molecule has 10 aromatic carbocycles. The molecule has 0 fully saturated rings. The van der Waals surface area contributed by atoms with Crippen LogP contribution in [-0.4, -0.2) is 9.97 Å². The topological polar surface area (TPSA) is 25.8 Å². The molecule has 3 aromatic heterocycles. The van der Waals surface area contributed by atoms with Crippen molar-refractivity contribution < 1.29 is 0 Å². The Labute approximate surface area is 408 Å². The molecular formula is C65H42N2S2. The lowest BCUT2D eigenvalue weighted by molar-refractivity contribution is 0.661. The van der Waals surface area contributed by atoms with Gasteiger partial charge in [-0.25, -0.2) is 9.97 Å². The van der Waals surface area contributed by atoms with Crippen LogP contribution in [0.3, 0.4) is 0 Å². The van der Waals surface area contributed by atoms with Gasteiger partial charge in [0.15, 0.2) is 5.82 Å². The van der Waals surface area contributed by atoms with Gasteiger partial charge >= 0.3 is 0 Å². The van der Waals surface area contributed by atoms with Gasteiger partial charge < -0.3 is 0 Å². The van der Waals surface area contributed by atoms with E-state index < -0.39 is 0 Å². The third-order valence-electron chi connectivity index (χ3n) is 14.4. The van der Waals surface area contributed by atoms with Crippen molar-refractivity contribution in [3.63, 3.8) is 0 Å². The Morgan fingerprint density at radius 1 is 0.319 bits per heavy atom. The fraction of sp³-hybridized carbons (Fsp3) is 0.0462. The highest BCUT2D eigenvalue weighted by atomic mass is 32.1. The molecule has 0 saturated heterocycles. The first kappa shape index (κ1) is 40.1. The lowest BCUT2D eigenvalue weighted by Gasteiger charge is -2.22. The minimum absolute atomic E-state index is 0.131. The molecule has 0 radical (unpaired) electrons. The van der Waals surface area contributed by atoms with Gasteiger partial charge in [0.1, 0.15) is 0 Å². The summed E-state index contributed by atoms with van der Waals surface area (Å²) in [5, 5.41) is 7.70. The number of rotatable bonds is 6. The Morgan fingerprint density at radius 2 is 0.841 bits per heavy atom. The van der Waals surface area contributed by atoms with Crippen LogP contribution in [0.5, 0.6) is 0 Å². The number of hydrogen-bond donors (Lipinski definition) is 0. The van der Waals surface area contributed by atoms with Crippen LogP contribution in [0.1, 0.15) is 25.0 Å². The predicted molar refractivity (Wildman–Crippen MR) is 295 cm³/mol. The molecule has 0 atom stereocenters. The Bertz CT molecular complexity index is 4100. The number of fused-ring (bicyclic) bond motifs is 10. The van der Waals surface area contributed by atoms with Crippen molar-refractivity contribution in [3.8, 4) is 78.4 Å². The second-order valence-corrected chi connectivity index (χ2v) is 21.1. The monoisotopic (exact) mass is 914 g/mol. The number of benzene rings is 10. The summed E-state index contributed by atoms with van der Waals surface area (Å²) in [6, 6.07) is 80.3. The zero-order valence-corrected chi connectivity index (χ0v) is 39.6. The van der Waals surface area contributed by atoms with Gasteiger partial charge in [0.25, 0.3) is 0 Å². The molecule has 4 heteroatoms. The summed E-state index contributed by atoms with van der Waals surface area (Å²) in [4.78, 5) is 10.8. The van der Waals surface area contributed by atoms with E-state index in [0.29, 0.717) is 5.82 Å². The van der Waals surface area contributed by atoms with Crippen molar-refractivity contribution in [2.24, 2.45) is 0 Å². The third kappa shape index (κ3) is 6.59. The van der Waals surface area contributed by atoms with Gasteiger partial charge in [-0.2, -0.15) is 0 Å². The van der Waals surface area contributed by atoms with Gasteiger partial charge in [0.2, 0.25) is 0 Å². The highest BCUT2D eigenvalue weighted by molar-refractivity contribution is 7.26. The van der Waals surface area contributed by atoms with Crippen molar-refractivity contribution in [3.05, 3.63) is 230 Å². The van der Waals surface area contributed by atoms with Crippen LogP contribution >= 0.6 is 22.7 Å². The molecule has 1 aliphatic rings. The van der Waals surface area contributed by atoms with E-state index >= 15 is 0 Å². The summed E-state index contributed by atoms with van der Waals surface area (Å²) in [7, 11) is 0. The highest BCUT2D eigenvalue weighted by Crippen LogP contribution is 2.53. The van der Waals surface area contributed by atoms with E-state index in [1.165, 1.54) is 95.6 Å². The standard InChI is InChI=1S/C65H42N2S2/c1-65(2)55-23-13-22-49(63(55)54-36-40-16-6-7-17-41(40)37-56(54)65)44-18-12-19-45(30-44)57-38-58(67-64(66-57)39-14-4-3-5-15-39)48-32-46(42-26-28-61-52(34-42)50-20-8-10-24-59(50)68-61)31-47(33-48)43-27-29-62-53(35-43)51-21-9-11-25-60(51)69-62/h3-38H,1-2H3. The van der Waals surface area contributed by atoms with Crippen molar-refractivity contribution >= 4 is 73.8 Å². The summed E-state index contributed by atoms with van der Waals surface area (Å²) < 4.78 is 5.20. The minimum Gasteiger partial charge on any atom is -0.228 e. The SMILES string of the molecule is CC1(C)c2cc3ccccc3cc2-c2c(-c3cccc(-c4cc(-c5cc(-c6ccc7sc8ccccc8c7c6)cc(-c6ccc7sc8ccccc8c7c6)c5)nc(-c5ccccc5)n4)c3)cccc21. The van der Waals surface area contributed by atoms with Crippen LogP contribution in [0.4, 0.5) is 0 Å². The maximum absolute atomic E-state index is 5.42. The van der Waals surface area contributed by atoms with Crippen molar-refractivity contribution in [1.29, 1.82) is 0 Å². The average Bonchev–Trinajstić information content (AvgIpc) is 4.04. The van der Waals surface area contributed by atoms with E-state index in [9.17, 15) is 0 Å². The van der Waals surface area contributed by atoms with Crippen LogP contribution in [0.25, 0.3) is 130 Å². The first-order chi connectivity index (χ1) is 33.9. The summed E-state index contributed by atoms with van der Waals surface area (Å²) in [6.45, 7) is 4.73. The molecule has 0 amide bonds. The van der Waals surface area contributed by atoms with E-state index in [2.05, 4.69) is 232 Å². The lowest BCUT2D eigenvalue weighted by atomic mass is 9.81. The molecular weight excluding hydrogens is 873 g/mol. The average molecular weight is 915 g/mol. The third-order valence-corrected chi connectivity index (χ3v) is 16.7. The second-order valence-electron chi connectivity index (χ2n) is 18.9. The summed E-state index contributed by atoms with van der Waals surface area (Å²) in [5.41, 5.74) is 17.1. The van der Waals surface area contributed by atoms with Gasteiger partial charge in [-0.05, 0) is 145 Å². The fourth-order valence-corrected chi connectivity index (χ4v) is 13.1. The van der Waals surface area contributed by atoms with Crippen molar-refractivity contribution in [2.45, 2.75) is 19.3 Å². The van der Waals surface area contributed by atoms with Gasteiger partial charge in [0, 0.05) is 62.4 Å². The predicted octanol–water partition coefficient (Wildman–Crippen LogP) is 18.7. The maximum Gasteiger partial charge on any atom is 0.160 e. The van der Waals surface area contributed by atoms with Gasteiger partial charge in [0.05, 0.1) is 11.4 Å². The molecule has 0 saturated carbocycles. The summed E-state index contributed by atoms with van der Waals surface area (Å²) >= 11 is 3.71. The minimum atomic E-state index is -0.131. The van der Waals surface area contributed by atoms with Crippen molar-refractivity contribution in [2.75, 3.05) is 0 Å². The number of hydrogen-bond acceptors (Lipinski definition) is 4.